The van der Waals surface area contributed by atoms with E-state index in [0.717, 1.165) is 0 Å². The first kappa shape index (κ1) is 19.2. The maximum absolute atomic E-state index is 13.0. The fourth-order valence-electron chi connectivity index (χ4n) is 2.70. The second kappa shape index (κ2) is 7.69. The monoisotopic (exact) mass is 430 g/mol. The Labute approximate surface area is 174 Å². The van der Waals surface area contributed by atoms with Crippen LogP contribution in [0.25, 0.3) is 11.0 Å². The molecule has 0 saturated heterocycles. The lowest BCUT2D eigenvalue weighted by Gasteiger charge is -2.12. The minimum Gasteiger partial charge on any atom is -0.448 e. The van der Waals surface area contributed by atoms with E-state index in [0.29, 0.717) is 16.7 Å². The van der Waals surface area contributed by atoms with Crippen LogP contribution in [-0.4, -0.2) is 14.5 Å². The van der Waals surface area contributed by atoms with Crippen molar-refractivity contribution in [1.82, 2.24) is 14.5 Å². The number of aryl methyl sites for hydroxylation is 1. The molecule has 0 spiro atoms. The molecule has 0 fully saturated rings. The summed E-state index contributed by atoms with van der Waals surface area (Å²) in [5.74, 6) is 0.158. The van der Waals surface area contributed by atoms with Gasteiger partial charge in [0.15, 0.2) is 11.5 Å². The number of fused-ring (bicyclic) bond motifs is 1. The van der Waals surface area contributed by atoms with Crippen molar-refractivity contribution in [2.24, 2.45) is 7.05 Å². The number of nitrogens with one attached hydrogen (secondary N) is 1. The largest absolute Gasteiger partial charge is 0.448 e. The highest BCUT2D eigenvalue weighted by molar-refractivity contribution is 6.37. The number of nitrogens with zero attached hydrogens (tertiary/aromatic N) is 3. The lowest BCUT2D eigenvalue weighted by molar-refractivity contribution is 0.472. The third-order valence-electron chi connectivity index (χ3n) is 4.15. The summed E-state index contributed by atoms with van der Waals surface area (Å²) in [6.07, 6.45) is 1.55. The molecule has 0 bridgehead atoms. The number of ether oxygens (including phenoxy) is 1. The van der Waals surface area contributed by atoms with Gasteiger partial charge < -0.3 is 10.1 Å². The molecule has 9 heteroatoms. The summed E-state index contributed by atoms with van der Waals surface area (Å²) < 4.78 is 20.1. The first-order chi connectivity index (χ1) is 13.9. The van der Waals surface area contributed by atoms with Crippen LogP contribution in [0, 0.1) is 5.82 Å². The van der Waals surface area contributed by atoms with Crippen LogP contribution in [0.15, 0.2) is 59.5 Å². The zero-order valence-corrected chi connectivity index (χ0v) is 16.5. The highest BCUT2D eigenvalue weighted by atomic mass is 35.5. The Balaban J connectivity index is 1.72. The SMILES string of the molecule is Cn1c(=O)c(Oc2c(Cl)cccc2Cl)cc2cnc(Nc3ccc(F)cc3)nc21. The molecule has 6 nitrogen and oxygen atoms in total. The molecule has 0 aliphatic heterocycles. The highest BCUT2D eigenvalue weighted by Crippen LogP contribution is 2.35. The van der Waals surface area contributed by atoms with Crippen molar-refractivity contribution in [2.75, 3.05) is 5.32 Å². The van der Waals surface area contributed by atoms with Gasteiger partial charge in [-0.3, -0.25) is 9.36 Å². The Morgan fingerprint density at radius 2 is 1.79 bits per heavy atom. The molecule has 2 heterocycles. The van der Waals surface area contributed by atoms with Gasteiger partial charge in [-0.2, -0.15) is 4.98 Å². The molecule has 0 unspecified atom stereocenters. The van der Waals surface area contributed by atoms with E-state index in [1.807, 2.05) is 0 Å². The number of rotatable bonds is 4. The van der Waals surface area contributed by atoms with Crippen LogP contribution < -0.4 is 15.6 Å². The molecule has 2 aromatic heterocycles. The van der Waals surface area contributed by atoms with Gasteiger partial charge in [0, 0.05) is 24.3 Å². The zero-order chi connectivity index (χ0) is 20.5. The predicted octanol–water partition coefficient (Wildman–Crippen LogP) is 5.31. The van der Waals surface area contributed by atoms with E-state index in [-0.39, 0.29) is 33.3 Å². The van der Waals surface area contributed by atoms with Gasteiger partial charge in [0.1, 0.15) is 11.5 Å². The molecule has 2 aromatic carbocycles. The van der Waals surface area contributed by atoms with Gasteiger partial charge in [0.25, 0.3) is 5.56 Å². The smallest absolute Gasteiger partial charge is 0.294 e. The van der Waals surface area contributed by atoms with E-state index in [2.05, 4.69) is 15.3 Å². The van der Waals surface area contributed by atoms with Crippen molar-refractivity contribution in [2.45, 2.75) is 0 Å². The third kappa shape index (κ3) is 3.87. The van der Waals surface area contributed by atoms with Gasteiger partial charge in [0.2, 0.25) is 5.95 Å². The van der Waals surface area contributed by atoms with E-state index in [1.54, 1.807) is 43.6 Å². The van der Waals surface area contributed by atoms with Gasteiger partial charge in [-0.15, -0.1) is 0 Å². The molecule has 1 N–H and O–H groups in total. The fourth-order valence-corrected chi connectivity index (χ4v) is 3.18. The molecule has 4 aromatic rings. The summed E-state index contributed by atoms with van der Waals surface area (Å²) >= 11 is 12.2. The van der Waals surface area contributed by atoms with Crippen molar-refractivity contribution in [3.05, 3.63) is 80.9 Å². The average Bonchev–Trinajstić information content (AvgIpc) is 2.70. The Hall–Kier alpha value is -3.16. The number of benzene rings is 2. The van der Waals surface area contributed by atoms with E-state index < -0.39 is 5.56 Å². The second-order valence-corrected chi connectivity index (χ2v) is 6.94. The first-order valence-electron chi connectivity index (χ1n) is 8.43. The number of halogens is 3. The summed E-state index contributed by atoms with van der Waals surface area (Å²) in [6.45, 7) is 0. The quantitative estimate of drug-likeness (QED) is 0.474. The molecule has 0 aliphatic carbocycles. The van der Waals surface area contributed by atoms with Gasteiger partial charge >= 0.3 is 0 Å². The first-order valence-corrected chi connectivity index (χ1v) is 9.19. The number of para-hydroxylation sites is 1. The molecule has 0 amide bonds. The molecule has 0 atom stereocenters. The van der Waals surface area contributed by atoms with Gasteiger partial charge in [-0.05, 0) is 42.5 Å². The molecule has 0 radical (unpaired) electrons. The van der Waals surface area contributed by atoms with E-state index in [1.165, 1.54) is 22.8 Å². The lowest BCUT2D eigenvalue weighted by Crippen LogP contribution is -2.19. The molecular weight excluding hydrogens is 418 g/mol. The van der Waals surface area contributed by atoms with Crippen LogP contribution in [-0.2, 0) is 7.05 Å². The zero-order valence-electron chi connectivity index (χ0n) is 15.0. The summed E-state index contributed by atoms with van der Waals surface area (Å²) in [6, 6.07) is 12.2. The summed E-state index contributed by atoms with van der Waals surface area (Å²) in [7, 11) is 1.57. The van der Waals surface area contributed by atoms with Crippen molar-refractivity contribution >= 4 is 45.9 Å². The van der Waals surface area contributed by atoms with Gasteiger partial charge in [0.05, 0.1) is 10.0 Å². The number of anilines is 2. The van der Waals surface area contributed by atoms with Crippen LogP contribution in [0.4, 0.5) is 16.0 Å². The van der Waals surface area contributed by atoms with Crippen LogP contribution >= 0.6 is 23.2 Å². The summed E-state index contributed by atoms with van der Waals surface area (Å²) in [4.78, 5) is 21.4. The normalized spacial score (nSPS) is 10.9. The Bertz CT molecular complexity index is 1260. The topological polar surface area (TPSA) is 69.0 Å². The van der Waals surface area contributed by atoms with E-state index >= 15 is 0 Å². The Morgan fingerprint density at radius 3 is 2.48 bits per heavy atom. The van der Waals surface area contributed by atoms with Crippen molar-refractivity contribution in [3.63, 3.8) is 0 Å². The fraction of sp³-hybridized carbons (Fsp3) is 0.0500. The molecule has 29 heavy (non-hydrogen) atoms. The molecular formula is C20H13Cl2FN4O2. The summed E-state index contributed by atoms with van der Waals surface area (Å²) in [5, 5.41) is 4.12. The minimum absolute atomic E-state index is 0.0397. The number of hydrogen-bond donors (Lipinski definition) is 1. The number of aromatic nitrogens is 3. The average molecular weight is 431 g/mol. The molecule has 146 valence electrons. The third-order valence-corrected chi connectivity index (χ3v) is 4.74. The number of pyridine rings is 1. The van der Waals surface area contributed by atoms with Crippen LogP contribution in [0.3, 0.4) is 0 Å². The van der Waals surface area contributed by atoms with Crippen molar-refractivity contribution in [1.29, 1.82) is 0 Å². The van der Waals surface area contributed by atoms with Crippen LogP contribution in [0.5, 0.6) is 11.5 Å². The maximum Gasteiger partial charge on any atom is 0.294 e. The van der Waals surface area contributed by atoms with Crippen molar-refractivity contribution < 1.29 is 9.13 Å². The van der Waals surface area contributed by atoms with Crippen LogP contribution in [0.1, 0.15) is 0 Å². The van der Waals surface area contributed by atoms with Gasteiger partial charge in [-0.25, -0.2) is 9.37 Å². The molecule has 0 saturated carbocycles. The number of hydrogen-bond acceptors (Lipinski definition) is 5. The molecule has 4 rings (SSSR count). The van der Waals surface area contributed by atoms with E-state index in [9.17, 15) is 9.18 Å². The maximum atomic E-state index is 13.0. The predicted molar refractivity (Wildman–Crippen MR) is 111 cm³/mol. The van der Waals surface area contributed by atoms with E-state index in [4.69, 9.17) is 27.9 Å². The minimum atomic E-state index is -0.417. The summed E-state index contributed by atoms with van der Waals surface area (Å²) in [5.41, 5.74) is 0.594. The van der Waals surface area contributed by atoms with Crippen LogP contribution in [0.2, 0.25) is 10.0 Å². The van der Waals surface area contributed by atoms with Gasteiger partial charge in [-0.1, -0.05) is 29.3 Å². The molecule has 0 aliphatic rings. The van der Waals surface area contributed by atoms with Crippen molar-refractivity contribution in [3.8, 4) is 11.5 Å². The lowest BCUT2D eigenvalue weighted by atomic mass is 10.3. The second-order valence-electron chi connectivity index (χ2n) is 6.13. The standard InChI is InChI=1S/C20H13Cl2FN4O2/c1-27-18-11(10-24-20(26-18)25-13-7-5-12(23)6-8-13)9-16(19(27)28)29-17-14(21)3-2-4-15(17)22/h2-10H,1H3,(H,24,25,26). The highest BCUT2D eigenvalue weighted by Gasteiger charge is 2.15. The Morgan fingerprint density at radius 1 is 1.10 bits per heavy atom. The Kier molecular flexibility index (Phi) is 5.08.